The van der Waals surface area contributed by atoms with Crippen LogP contribution < -0.4 is 5.32 Å². The molecule has 0 aliphatic heterocycles. The SMILES string of the molecule is CSCC(C)(O)CNCc1cc(F)cc(C#N)c1. The first-order valence-corrected chi connectivity index (χ1v) is 6.98. The van der Waals surface area contributed by atoms with Gasteiger partial charge >= 0.3 is 0 Å². The van der Waals surface area contributed by atoms with E-state index in [1.54, 1.807) is 24.8 Å². The molecule has 0 saturated heterocycles. The Balaban J connectivity index is 2.54. The second-order valence-electron chi connectivity index (χ2n) is 4.49. The highest BCUT2D eigenvalue weighted by atomic mass is 32.2. The molecule has 0 bridgehead atoms. The molecule has 2 N–H and O–H groups in total. The molecule has 0 saturated carbocycles. The Kier molecular flexibility index (Phi) is 5.60. The maximum atomic E-state index is 13.2. The molecule has 1 atom stereocenters. The average Bonchev–Trinajstić information content (AvgIpc) is 2.27. The molecule has 0 fully saturated rings. The Hall–Kier alpha value is -1.09. The quantitative estimate of drug-likeness (QED) is 0.827. The van der Waals surface area contributed by atoms with Crippen molar-refractivity contribution in [2.45, 2.75) is 19.1 Å². The van der Waals surface area contributed by atoms with Gasteiger partial charge in [0.25, 0.3) is 0 Å². The molecule has 0 radical (unpaired) electrons. The zero-order valence-electron chi connectivity index (χ0n) is 10.5. The van der Waals surface area contributed by atoms with E-state index < -0.39 is 11.4 Å². The van der Waals surface area contributed by atoms with Gasteiger partial charge in [-0.05, 0) is 36.9 Å². The molecule has 0 heterocycles. The second-order valence-corrected chi connectivity index (χ2v) is 5.36. The molecule has 98 valence electrons. The predicted octanol–water partition coefficient (Wildman–Crippen LogP) is 1.90. The Morgan fingerprint density at radius 1 is 1.50 bits per heavy atom. The standard InChI is InChI=1S/C13H17FN2OS/c1-13(17,9-18-2)8-16-7-11-3-10(6-15)4-12(14)5-11/h3-5,16-17H,7-9H2,1-2H3. The molecular formula is C13H17FN2OS. The summed E-state index contributed by atoms with van der Waals surface area (Å²) in [7, 11) is 0. The van der Waals surface area contributed by atoms with Crippen LogP contribution in [0, 0.1) is 17.1 Å². The summed E-state index contributed by atoms with van der Waals surface area (Å²) in [6.07, 6.45) is 1.93. The third-order valence-electron chi connectivity index (χ3n) is 2.38. The number of hydrogen-bond acceptors (Lipinski definition) is 4. The second kappa shape index (κ2) is 6.74. The fourth-order valence-corrected chi connectivity index (χ4v) is 2.38. The smallest absolute Gasteiger partial charge is 0.124 e. The van der Waals surface area contributed by atoms with Gasteiger partial charge in [0.1, 0.15) is 5.82 Å². The minimum atomic E-state index is -0.787. The van der Waals surface area contributed by atoms with Gasteiger partial charge in [-0.25, -0.2) is 4.39 Å². The van der Waals surface area contributed by atoms with E-state index in [9.17, 15) is 9.50 Å². The Morgan fingerprint density at radius 2 is 2.22 bits per heavy atom. The molecule has 1 aromatic rings. The van der Waals surface area contributed by atoms with Gasteiger partial charge in [0.05, 0.1) is 17.2 Å². The summed E-state index contributed by atoms with van der Waals surface area (Å²) >= 11 is 1.57. The fraction of sp³-hybridized carbons (Fsp3) is 0.462. The molecule has 1 aromatic carbocycles. The number of aliphatic hydroxyl groups is 1. The van der Waals surface area contributed by atoms with Crippen LogP contribution in [-0.2, 0) is 6.54 Å². The summed E-state index contributed by atoms with van der Waals surface area (Å²) < 4.78 is 13.2. The van der Waals surface area contributed by atoms with Crippen molar-refractivity contribution in [1.29, 1.82) is 5.26 Å². The van der Waals surface area contributed by atoms with Gasteiger partial charge < -0.3 is 10.4 Å². The number of benzene rings is 1. The van der Waals surface area contributed by atoms with E-state index in [2.05, 4.69) is 5.32 Å². The van der Waals surface area contributed by atoms with Gasteiger partial charge in [-0.2, -0.15) is 17.0 Å². The van der Waals surface area contributed by atoms with E-state index >= 15 is 0 Å². The summed E-state index contributed by atoms with van der Waals surface area (Å²) in [6, 6.07) is 6.14. The van der Waals surface area contributed by atoms with Gasteiger partial charge in [0.15, 0.2) is 0 Å². The first-order chi connectivity index (χ1) is 8.46. The largest absolute Gasteiger partial charge is 0.388 e. The van der Waals surface area contributed by atoms with Crippen molar-refractivity contribution in [3.05, 3.63) is 35.1 Å². The number of halogens is 1. The lowest BCUT2D eigenvalue weighted by Gasteiger charge is -2.22. The van der Waals surface area contributed by atoms with Gasteiger partial charge in [-0.3, -0.25) is 0 Å². The van der Waals surface area contributed by atoms with Crippen LogP contribution in [0.2, 0.25) is 0 Å². The zero-order valence-corrected chi connectivity index (χ0v) is 11.4. The highest BCUT2D eigenvalue weighted by molar-refractivity contribution is 7.98. The molecule has 0 spiro atoms. The zero-order chi connectivity index (χ0) is 13.6. The van der Waals surface area contributed by atoms with Crippen molar-refractivity contribution in [3.8, 4) is 6.07 Å². The first kappa shape index (κ1) is 15.0. The van der Waals surface area contributed by atoms with Crippen LogP contribution in [0.15, 0.2) is 18.2 Å². The van der Waals surface area contributed by atoms with Gasteiger partial charge in [-0.1, -0.05) is 0 Å². The highest BCUT2D eigenvalue weighted by Crippen LogP contribution is 2.11. The van der Waals surface area contributed by atoms with Crippen LogP contribution >= 0.6 is 11.8 Å². The topological polar surface area (TPSA) is 56.0 Å². The maximum Gasteiger partial charge on any atom is 0.124 e. The summed E-state index contributed by atoms with van der Waals surface area (Å²) in [5.41, 5.74) is 0.222. The van der Waals surface area contributed by atoms with Gasteiger partial charge in [-0.15, -0.1) is 0 Å². The highest BCUT2D eigenvalue weighted by Gasteiger charge is 2.18. The molecule has 0 aliphatic carbocycles. The molecule has 1 rings (SSSR count). The Labute approximate surface area is 111 Å². The van der Waals surface area contributed by atoms with E-state index in [1.807, 2.05) is 12.3 Å². The van der Waals surface area contributed by atoms with Crippen molar-refractivity contribution in [3.63, 3.8) is 0 Å². The van der Waals surface area contributed by atoms with Crippen molar-refractivity contribution >= 4 is 11.8 Å². The predicted molar refractivity (Wildman–Crippen MR) is 71.8 cm³/mol. The molecule has 1 unspecified atom stereocenters. The van der Waals surface area contributed by atoms with E-state index in [1.165, 1.54) is 12.1 Å². The summed E-state index contributed by atoms with van der Waals surface area (Å²) in [4.78, 5) is 0. The molecular weight excluding hydrogens is 251 g/mol. The van der Waals surface area contributed by atoms with Crippen LogP contribution in [0.1, 0.15) is 18.1 Å². The molecule has 3 nitrogen and oxygen atoms in total. The van der Waals surface area contributed by atoms with E-state index in [-0.39, 0.29) is 0 Å². The van der Waals surface area contributed by atoms with Crippen LogP contribution in [0.4, 0.5) is 4.39 Å². The van der Waals surface area contributed by atoms with Crippen molar-refractivity contribution in [1.82, 2.24) is 5.32 Å². The number of nitrogens with one attached hydrogen (secondary N) is 1. The van der Waals surface area contributed by atoms with Crippen molar-refractivity contribution in [2.75, 3.05) is 18.6 Å². The summed E-state index contributed by atoms with van der Waals surface area (Å²) in [6.45, 7) is 2.60. The van der Waals surface area contributed by atoms with E-state index in [4.69, 9.17) is 5.26 Å². The fourth-order valence-electron chi connectivity index (χ4n) is 1.66. The number of thioether (sulfide) groups is 1. The average molecular weight is 268 g/mol. The lowest BCUT2D eigenvalue weighted by atomic mass is 10.1. The molecule has 5 heteroatoms. The van der Waals surface area contributed by atoms with Crippen molar-refractivity contribution < 1.29 is 9.50 Å². The summed E-state index contributed by atoms with van der Waals surface area (Å²) in [5.74, 6) is 0.216. The Morgan fingerprint density at radius 3 is 2.83 bits per heavy atom. The third kappa shape index (κ3) is 5.05. The molecule has 0 aliphatic rings. The monoisotopic (exact) mass is 268 g/mol. The first-order valence-electron chi connectivity index (χ1n) is 5.58. The summed E-state index contributed by atoms with van der Waals surface area (Å²) in [5, 5.41) is 21.7. The van der Waals surface area contributed by atoms with E-state index in [0.29, 0.717) is 30.0 Å². The third-order valence-corrected chi connectivity index (χ3v) is 3.29. The maximum absolute atomic E-state index is 13.2. The minimum Gasteiger partial charge on any atom is -0.388 e. The normalized spacial score (nSPS) is 13.9. The van der Waals surface area contributed by atoms with E-state index in [0.717, 1.165) is 0 Å². The lowest BCUT2D eigenvalue weighted by molar-refractivity contribution is 0.0846. The number of rotatable bonds is 6. The Bertz CT molecular complexity index is 443. The van der Waals surface area contributed by atoms with Crippen LogP contribution in [-0.4, -0.2) is 29.3 Å². The number of hydrogen-bond donors (Lipinski definition) is 2. The number of nitrogens with zero attached hydrogens (tertiary/aromatic N) is 1. The van der Waals surface area contributed by atoms with Gasteiger partial charge in [0.2, 0.25) is 0 Å². The minimum absolute atomic E-state index is 0.308. The molecule has 0 aromatic heterocycles. The lowest BCUT2D eigenvalue weighted by Crippen LogP contribution is -2.39. The van der Waals surface area contributed by atoms with Gasteiger partial charge in [0, 0.05) is 18.8 Å². The molecule has 18 heavy (non-hydrogen) atoms. The van der Waals surface area contributed by atoms with Crippen LogP contribution in [0.25, 0.3) is 0 Å². The van der Waals surface area contributed by atoms with Crippen molar-refractivity contribution in [2.24, 2.45) is 0 Å². The molecule has 0 amide bonds. The van der Waals surface area contributed by atoms with Crippen LogP contribution in [0.5, 0.6) is 0 Å². The van der Waals surface area contributed by atoms with Crippen LogP contribution in [0.3, 0.4) is 0 Å². The number of nitriles is 1.